The second-order valence-electron chi connectivity index (χ2n) is 7.66. The van der Waals surface area contributed by atoms with Crippen LogP contribution in [0.15, 0.2) is 89.5 Å². The molecule has 5 rings (SSSR count). The van der Waals surface area contributed by atoms with E-state index in [1.807, 2.05) is 18.5 Å². The van der Waals surface area contributed by atoms with Gasteiger partial charge < -0.3 is 15.5 Å². The number of hydrogen-bond acceptors (Lipinski definition) is 5. The second kappa shape index (κ2) is 7.72. The van der Waals surface area contributed by atoms with E-state index in [1.54, 1.807) is 12.1 Å². The average molecular weight is 411 g/mol. The number of halogens is 1. The number of hydrogen-bond donors (Lipinski definition) is 2. The number of nitrogens with one attached hydrogen (secondary N) is 2. The van der Waals surface area contributed by atoms with E-state index in [1.165, 1.54) is 12.1 Å². The van der Waals surface area contributed by atoms with Crippen LogP contribution >= 0.6 is 0 Å². The van der Waals surface area contributed by atoms with Crippen molar-refractivity contribution in [1.29, 1.82) is 0 Å². The van der Waals surface area contributed by atoms with Gasteiger partial charge in [0.15, 0.2) is 0 Å². The van der Waals surface area contributed by atoms with Crippen LogP contribution < -0.4 is 10.6 Å². The average Bonchev–Trinajstić information content (AvgIpc) is 3.45. The highest BCUT2D eigenvalue weighted by molar-refractivity contribution is 6.02. The fourth-order valence-electron chi connectivity index (χ4n) is 4.00. The molecule has 0 saturated carbocycles. The van der Waals surface area contributed by atoms with Crippen molar-refractivity contribution in [1.82, 2.24) is 10.2 Å². The Morgan fingerprint density at radius 2 is 2.06 bits per heavy atom. The zero-order chi connectivity index (χ0) is 21.4. The van der Waals surface area contributed by atoms with Crippen LogP contribution in [0, 0.1) is 12.7 Å². The Morgan fingerprint density at radius 1 is 1.23 bits per heavy atom. The van der Waals surface area contributed by atoms with E-state index in [4.69, 9.17) is 0 Å². The Hall–Kier alpha value is -3.93. The summed E-state index contributed by atoms with van der Waals surface area (Å²) in [6, 6.07) is 12.6. The van der Waals surface area contributed by atoms with Gasteiger partial charge >= 0.3 is 0 Å². The molecule has 0 bridgehead atoms. The summed E-state index contributed by atoms with van der Waals surface area (Å²) in [6.45, 7) is 6.27. The van der Waals surface area contributed by atoms with Gasteiger partial charge in [-0.2, -0.15) is 10.2 Å². The molecule has 2 N–H and O–H groups in total. The molecule has 0 radical (unpaired) electrons. The third kappa shape index (κ3) is 3.57. The molecule has 0 spiro atoms. The summed E-state index contributed by atoms with van der Waals surface area (Å²) in [6.07, 6.45) is 10.8. The largest absolute Gasteiger partial charge is 0.364 e. The third-order valence-electron chi connectivity index (χ3n) is 5.62. The third-order valence-corrected chi connectivity index (χ3v) is 5.62. The molecular formula is C25H22FN5. The summed E-state index contributed by atoms with van der Waals surface area (Å²) >= 11 is 0. The molecule has 0 aliphatic carbocycles. The highest BCUT2D eigenvalue weighted by Gasteiger charge is 2.32. The summed E-state index contributed by atoms with van der Waals surface area (Å²) in [5.74, 6) is -0.261. The molecule has 2 aromatic rings. The first-order chi connectivity index (χ1) is 15.1. The lowest BCUT2D eigenvalue weighted by molar-refractivity contribution is 0.434. The number of nitrogens with zero attached hydrogens (tertiary/aromatic N) is 3. The first-order valence-corrected chi connectivity index (χ1v) is 10.1. The van der Waals surface area contributed by atoms with Gasteiger partial charge in [-0.25, -0.2) is 4.39 Å². The van der Waals surface area contributed by atoms with E-state index in [2.05, 4.69) is 69.7 Å². The van der Waals surface area contributed by atoms with Crippen molar-refractivity contribution < 1.29 is 4.39 Å². The number of benzene rings is 2. The first kappa shape index (κ1) is 19.1. The molecule has 154 valence electrons. The zero-order valence-corrected chi connectivity index (χ0v) is 17.1. The van der Waals surface area contributed by atoms with Gasteiger partial charge in [0, 0.05) is 47.6 Å². The van der Waals surface area contributed by atoms with Crippen LogP contribution in [0.1, 0.15) is 23.1 Å². The molecule has 0 fully saturated rings. The topological polar surface area (TPSA) is 52.0 Å². The number of allylic oxidation sites excluding steroid dienone is 3. The molecule has 2 aromatic carbocycles. The lowest BCUT2D eigenvalue weighted by Gasteiger charge is -2.29. The van der Waals surface area contributed by atoms with E-state index in [9.17, 15) is 4.39 Å². The molecule has 5 nitrogen and oxygen atoms in total. The lowest BCUT2D eigenvalue weighted by atomic mass is 9.95. The fraction of sp³-hybridized carbons (Fsp3) is 0.120. The zero-order valence-electron chi connectivity index (χ0n) is 17.1. The Balaban J connectivity index is 1.41. The van der Waals surface area contributed by atoms with Gasteiger partial charge in [-0.15, -0.1) is 0 Å². The van der Waals surface area contributed by atoms with Crippen LogP contribution in [0.25, 0.3) is 11.3 Å². The van der Waals surface area contributed by atoms with E-state index >= 15 is 0 Å². The molecule has 3 aliphatic heterocycles. The molecule has 6 heteroatoms. The molecule has 1 unspecified atom stereocenters. The standard InChI is InChI=1S/C25H22FN5/c1-16-5-6-18(14-22(16)17(2)29-20-9-7-19(26)8-10-20)21-4-3-13-31-24(21)15-27-25(31)23-11-12-28-30-23/h3-10,12-15,25,27,29H,2,11H2,1H3. The Kier molecular flexibility index (Phi) is 4.75. The maximum atomic E-state index is 13.2. The predicted molar refractivity (Wildman–Crippen MR) is 125 cm³/mol. The molecule has 3 aliphatic rings. The lowest BCUT2D eigenvalue weighted by Crippen LogP contribution is -2.40. The van der Waals surface area contributed by atoms with Gasteiger partial charge in [0.25, 0.3) is 0 Å². The highest BCUT2D eigenvalue weighted by Crippen LogP contribution is 2.35. The fourth-order valence-corrected chi connectivity index (χ4v) is 4.00. The van der Waals surface area contributed by atoms with Crippen molar-refractivity contribution in [2.75, 3.05) is 5.32 Å². The minimum atomic E-state index is -0.261. The summed E-state index contributed by atoms with van der Waals surface area (Å²) in [7, 11) is 0. The number of aryl methyl sites for hydroxylation is 1. The van der Waals surface area contributed by atoms with Crippen LogP contribution in [-0.2, 0) is 0 Å². The Morgan fingerprint density at radius 3 is 2.84 bits per heavy atom. The molecule has 0 saturated heterocycles. The van der Waals surface area contributed by atoms with E-state index < -0.39 is 0 Å². The van der Waals surface area contributed by atoms with Gasteiger partial charge in [0.2, 0.25) is 0 Å². The van der Waals surface area contributed by atoms with Crippen LogP contribution in [0.4, 0.5) is 10.1 Å². The van der Waals surface area contributed by atoms with Crippen molar-refractivity contribution in [3.63, 3.8) is 0 Å². The first-order valence-electron chi connectivity index (χ1n) is 10.1. The van der Waals surface area contributed by atoms with E-state index in [0.29, 0.717) is 0 Å². The Labute approximate surface area is 180 Å². The monoisotopic (exact) mass is 411 g/mol. The predicted octanol–water partition coefficient (Wildman–Crippen LogP) is 5.03. The maximum absolute atomic E-state index is 13.2. The summed E-state index contributed by atoms with van der Waals surface area (Å²) in [4.78, 5) is 2.19. The van der Waals surface area contributed by atoms with Crippen molar-refractivity contribution in [3.05, 3.63) is 102 Å². The maximum Gasteiger partial charge on any atom is 0.145 e. The molecule has 0 aromatic heterocycles. The SMILES string of the molecule is C=C(Nc1ccc(F)cc1)c1cc(C2=CC=CN3C2=CNC3C2=NN=CC2)ccc1C. The second-order valence-corrected chi connectivity index (χ2v) is 7.66. The minimum Gasteiger partial charge on any atom is -0.364 e. The molecule has 31 heavy (non-hydrogen) atoms. The molecule has 0 amide bonds. The molecule has 3 heterocycles. The highest BCUT2D eigenvalue weighted by atomic mass is 19.1. The smallest absolute Gasteiger partial charge is 0.145 e. The van der Waals surface area contributed by atoms with Gasteiger partial charge in [0.05, 0.1) is 11.4 Å². The molecular weight excluding hydrogens is 389 g/mol. The number of anilines is 1. The van der Waals surface area contributed by atoms with Crippen LogP contribution in [0.3, 0.4) is 0 Å². The normalized spacial score (nSPS) is 18.8. The van der Waals surface area contributed by atoms with Gasteiger partial charge in [-0.3, -0.25) is 0 Å². The van der Waals surface area contributed by atoms with Crippen molar-refractivity contribution in [2.45, 2.75) is 19.5 Å². The summed E-state index contributed by atoms with van der Waals surface area (Å²) in [5, 5.41) is 15.0. The Bertz CT molecular complexity index is 1200. The van der Waals surface area contributed by atoms with E-state index in [0.717, 1.165) is 51.5 Å². The minimum absolute atomic E-state index is 0.0162. The van der Waals surface area contributed by atoms with Gasteiger partial charge in [-0.05, 0) is 54.5 Å². The van der Waals surface area contributed by atoms with Gasteiger partial charge in [0.1, 0.15) is 12.0 Å². The number of fused-ring (bicyclic) bond motifs is 1. The van der Waals surface area contributed by atoms with Crippen molar-refractivity contribution >= 4 is 28.9 Å². The number of rotatable bonds is 5. The van der Waals surface area contributed by atoms with Crippen LogP contribution in [0.2, 0.25) is 0 Å². The van der Waals surface area contributed by atoms with Crippen molar-refractivity contribution in [2.24, 2.45) is 10.2 Å². The van der Waals surface area contributed by atoms with Crippen LogP contribution in [-0.4, -0.2) is 23.0 Å². The summed E-state index contributed by atoms with van der Waals surface area (Å²) in [5.41, 5.74) is 7.99. The molecule has 1 atom stereocenters. The summed E-state index contributed by atoms with van der Waals surface area (Å²) < 4.78 is 13.2. The van der Waals surface area contributed by atoms with E-state index in [-0.39, 0.29) is 12.0 Å². The van der Waals surface area contributed by atoms with Crippen molar-refractivity contribution in [3.8, 4) is 0 Å². The quantitative estimate of drug-likeness (QED) is 0.726. The van der Waals surface area contributed by atoms with Gasteiger partial charge in [-0.1, -0.05) is 24.8 Å². The van der Waals surface area contributed by atoms with Crippen LogP contribution in [0.5, 0.6) is 0 Å².